The average Bonchev–Trinajstić information content (AvgIpc) is 3.12. The fraction of sp³-hybridized carbons (Fsp3) is 0.467. The minimum Gasteiger partial charge on any atom is -0.479 e. The van der Waals surface area contributed by atoms with Gasteiger partial charge in [0, 0.05) is 19.4 Å². The number of nitrogens with zero attached hydrogens (tertiary/aromatic N) is 1. The molecule has 1 fully saturated rings. The van der Waals surface area contributed by atoms with Crippen molar-refractivity contribution in [3.63, 3.8) is 0 Å². The molecule has 1 unspecified atom stereocenters. The lowest BCUT2D eigenvalue weighted by Gasteiger charge is -2.38. The largest absolute Gasteiger partial charge is 0.479 e. The number of carbonyl (C=O) groups is 2. The third-order valence-electron chi connectivity index (χ3n) is 3.68. The van der Waals surface area contributed by atoms with Crippen molar-refractivity contribution in [3.8, 4) is 0 Å². The molecule has 2 rings (SSSR count). The third kappa shape index (κ3) is 2.81. The van der Waals surface area contributed by atoms with Gasteiger partial charge in [-0.15, -0.1) is 0 Å². The first kappa shape index (κ1) is 14.5. The topological polar surface area (TPSA) is 57.6 Å². The Balaban J connectivity index is 2.33. The van der Waals surface area contributed by atoms with Crippen LogP contribution >= 0.6 is 0 Å². The van der Waals surface area contributed by atoms with Gasteiger partial charge in [0.2, 0.25) is 5.91 Å². The zero-order valence-electron chi connectivity index (χ0n) is 11.6. The summed E-state index contributed by atoms with van der Waals surface area (Å²) in [7, 11) is 0. The van der Waals surface area contributed by atoms with Crippen molar-refractivity contribution < 1.29 is 19.1 Å². The number of hydrogen-bond donors (Lipinski definition) is 1. The Morgan fingerprint density at radius 1 is 1.45 bits per heavy atom. The van der Waals surface area contributed by atoms with Gasteiger partial charge in [-0.25, -0.2) is 9.18 Å². The first-order valence-corrected chi connectivity index (χ1v) is 6.62. The summed E-state index contributed by atoms with van der Waals surface area (Å²) in [5.41, 5.74) is -0.775. The van der Waals surface area contributed by atoms with E-state index in [0.717, 1.165) is 12.8 Å². The zero-order chi connectivity index (χ0) is 14.9. The highest BCUT2D eigenvalue weighted by atomic mass is 19.1. The molecular formula is C15H18FNO3. The fourth-order valence-corrected chi connectivity index (χ4v) is 2.65. The molecule has 1 atom stereocenters. The van der Waals surface area contributed by atoms with E-state index in [1.54, 1.807) is 12.1 Å². The highest BCUT2D eigenvalue weighted by Crippen LogP contribution is 2.35. The van der Waals surface area contributed by atoms with Crippen molar-refractivity contribution in [3.05, 3.63) is 35.6 Å². The van der Waals surface area contributed by atoms with Crippen molar-refractivity contribution in [1.82, 2.24) is 4.90 Å². The van der Waals surface area contributed by atoms with E-state index < -0.39 is 17.3 Å². The summed E-state index contributed by atoms with van der Waals surface area (Å²) in [4.78, 5) is 25.0. The summed E-state index contributed by atoms with van der Waals surface area (Å²) in [6.07, 6.45) is 1.74. The molecule has 0 saturated heterocycles. The molecule has 0 bridgehead atoms. The van der Waals surface area contributed by atoms with Crippen LogP contribution in [-0.4, -0.2) is 33.5 Å². The summed E-state index contributed by atoms with van der Waals surface area (Å²) in [6.45, 7) is 2.91. The minimum atomic E-state index is -1.35. The maximum Gasteiger partial charge on any atom is 0.329 e. The molecule has 108 valence electrons. The number of carboxylic acid groups (broad SMARTS) is 1. The van der Waals surface area contributed by atoms with Gasteiger partial charge in [0.1, 0.15) is 11.4 Å². The van der Waals surface area contributed by atoms with Crippen LogP contribution in [0.4, 0.5) is 4.39 Å². The molecule has 20 heavy (non-hydrogen) atoms. The predicted octanol–water partition coefficient (Wildman–Crippen LogP) is 2.22. The Bertz CT molecular complexity index is 542. The van der Waals surface area contributed by atoms with E-state index >= 15 is 0 Å². The molecule has 1 aliphatic rings. The van der Waals surface area contributed by atoms with Crippen LogP contribution in [0.1, 0.15) is 32.3 Å². The summed E-state index contributed by atoms with van der Waals surface area (Å²) in [6, 6.07) is 5.83. The zero-order valence-corrected chi connectivity index (χ0v) is 11.6. The number of benzene rings is 1. The molecule has 0 spiro atoms. The molecule has 1 aromatic carbocycles. The van der Waals surface area contributed by atoms with Crippen molar-refractivity contribution in [2.24, 2.45) is 0 Å². The van der Waals surface area contributed by atoms with Crippen LogP contribution in [0.2, 0.25) is 0 Å². The molecule has 0 heterocycles. The molecule has 0 aromatic heterocycles. The van der Waals surface area contributed by atoms with Crippen LogP contribution in [0.5, 0.6) is 0 Å². The molecule has 4 nitrogen and oxygen atoms in total. The first-order valence-electron chi connectivity index (χ1n) is 6.62. The van der Waals surface area contributed by atoms with Crippen LogP contribution in [0.15, 0.2) is 24.3 Å². The first-order chi connectivity index (χ1) is 9.34. The lowest BCUT2D eigenvalue weighted by atomic mass is 9.90. The molecule has 1 amide bonds. The molecular weight excluding hydrogens is 261 g/mol. The maximum atomic E-state index is 13.2. The van der Waals surface area contributed by atoms with Crippen molar-refractivity contribution in [1.29, 1.82) is 0 Å². The standard InChI is InChI=1S/C15H18FNO3/c1-10(18)17(13-6-7-13)15(2,14(19)20)9-11-4-3-5-12(16)8-11/h3-5,8,13H,6-7,9H2,1-2H3,(H,19,20). The number of carboxylic acids is 1. The Morgan fingerprint density at radius 3 is 2.55 bits per heavy atom. The van der Waals surface area contributed by atoms with Gasteiger partial charge in [-0.05, 0) is 37.5 Å². The van der Waals surface area contributed by atoms with Gasteiger partial charge in [-0.1, -0.05) is 12.1 Å². The molecule has 0 radical (unpaired) electrons. The smallest absolute Gasteiger partial charge is 0.329 e. The van der Waals surface area contributed by atoms with E-state index in [0.29, 0.717) is 5.56 Å². The number of rotatable bonds is 5. The minimum absolute atomic E-state index is 0.0119. The molecule has 1 saturated carbocycles. The molecule has 0 aliphatic heterocycles. The second kappa shape index (κ2) is 5.23. The summed E-state index contributed by atoms with van der Waals surface area (Å²) < 4.78 is 13.2. The number of amides is 1. The predicted molar refractivity (Wildman–Crippen MR) is 71.7 cm³/mol. The SMILES string of the molecule is CC(=O)N(C1CC1)C(C)(Cc1cccc(F)c1)C(=O)O. The molecule has 1 aliphatic carbocycles. The van der Waals surface area contributed by atoms with E-state index in [2.05, 4.69) is 0 Å². The lowest BCUT2D eigenvalue weighted by Crippen LogP contribution is -2.57. The summed E-state index contributed by atoms with van der Waals surface area (Å²) in [5.74, 6) is -1.73. The Hall–Kier alpha value is -1.91. The Labute approximate surface area is 117 Å². The van der Waals surface area contributed by atoms with Crippen LogP contribution in [-0.2, 0) is 16.0 Å². The summed E-state index contributed by atoms with van der Waals surface area (Å²) in [5, 5.41) is 9.57. The van der Waals surface area contributed by atoms with Gasteiger partial charge in [0.15, 0.2) is 0 Å². The molecule has 5 heteroatoms. The summed E-state index contributed by atoms with van der Waals surface area (Å²) >= 11 is 0. The normalized spacial score (nSPS) is 17.4. The van der Waals surface area contributed by atoms with Crippen LogP contribution < -0.4 is 0 Å². The maximum absolute atomic E-state index is 13.2. The highest BCUT2D eigenvalue weighted by Gasteiger charge is 2.47. The second-order valence-electron chi connectivity index (χ2n) is 5.51. The van der Waals surface area contributed by atoms with Gasteiger partial charge in [-0.2, -0.15) is 0 Å². The Morgan fingerprint density at radius 2 is 2.10 bits per heavy atom. The van der Waals surface area contributed by atoms with Gasteiger partial charge in [-0.3, -0.25) is 4.79 Å². The lowest BCUT2D eigenvalue weighted by molar-refractivity contribution is -0.158. The van der Waals surface area contributed by atoms with Crippen LogP contribution in [0.25, 0.3) is 0 Å². The monoisotopic (exact) mass is 279 g/mol. The fourth-order valence-electron chi connectivity index (χ4n) is 2.65. The van der Waals surface area contributed by atoms with E-state index in [1.807, 2.05) is 0 Å². The van der Waals surface area contributed by atoms with Crippen molar-refractivity contribution in [2.45, 2.75) is 44.7 Å². The van der Waals surface area contributed by atoms with Crippen molar-refractivity contribution >= 4 is 11.9 Å². The van der Waals surface area contributed by atoms with Gasteiger partial charge < -0.3 is 10.0 Å². The van der Waals surface area contributed by atoms with E-state index in [-0.39, 0.29) is 18.4 Å². The molecule has 1 aromatic rings. The highest BCUT2D eigenvalue weighted by molar-refractivity contribution is 5.86. The van der Waals surface area contributed by atoms with E-state index in [1.165, 1.54) is 30.9 Å². The Kier molecular flexibility index (Phi) is 3.79. The number of hydrogen-bond acceptors (Lipinski definition) is 2. The quantitative estimate of drug-likeness (QED) is 0.899. The average molecular weight is 279 g/mol. The van der Waals surface area contributed by atoms with Crippen LogP contribution in [0.3, 0.4) is 0 Å². The van der Waals surface area contributed by atoms with Crippen molar-refractivity contribution in [2.75, 3.05) is 0 Å². The second-order valence-corrected chi connectivity index (χ2v) is 5.51. The number of carbonyl (C=O) groups excluding carboxylic acids is 1. The number of halogens is 1. The van der Waals surface area contributed by atoms with E-state index in [9.17, 15) is 19.1 Å². The number of aliphatic carboxylic acids is 1. The molecule has 1 N–H and O–H groups in total. The van der Waals surface area contributed by atoms with E-state index in [4.69, 9.17) is 0 Å². The third-order valence-corrected chi connectivity index (χ3v) is 3.68. The van der Waals surface area contributed by atoms with Gasteiger partial charge in [0.25, 0.3) is 0 Å². The van der Waals surface area contributed by atoms with Gasteiger partial charge in [0.05, 0.1) is 0 Å². The van der Waals surface area contributed by atoms with Gasteiger partial charge >= 0.3 is 5.97 Å². The van der Waals surface area contributed by atoms with Crippen LogP contribution in [0, 0.1) is 5.82 Å².